The molecule has 0 heterocycles. The summed E-state index contributed by atoms with van der Waals surface area (Å²) in [5.41, 5.74) is 0.977. The number of aryl methyl sites for hydroxylation is 1. The molecule has 0 aliphatic carbocycles. The standard InChI is InChI=1S/C13H17NO5/c1-10-4-2-3-5-11(10)19-7-6-14(8-12(15)16)9-13(17)18/h2-5H,6-9H2,1H3,(H,15,16)(H,17,18). The van der Waals surface area contributed by atoms with Gasteiger partial charge in [-0.15, -0.1) is 0 Å². The molecular weight excluding hydrogens is 250 g/mol. The maximum atomic E-state index is 10.6. The first kappa shape index (κ1) is 15.0. The molecule has 0 aliphatic heterocycles. The molecule has 0 radical (unpaired) electrons. The second kappa shape index (κ2) is 7.38. The van der Waals surface area contributed by atoms with Crippen LogP contribution < -0.4 is 4.74 Å². The molecule has 0 unspecified atom stereocenters. The average molecular weight is 267 g/mol. The minimum Gasteiger partial charge on any atom is -0.492 e. The first-order valence-corrected chi connectivity index (χ1v) is 5.83. The number of carboxylic acid groups (broad SMARTS) is 2. The van der Waals surface area contributed by atoms with Gasteiger partial charge in [0.05, 0.1) is 13.1 Å². The molecule has 0 saturated carbocycles. The van der Waals surface area contributed by atoms with E-state index in [0.29, 0.717) is 5.75 Å². The van der Waals surface area contributed by atoms with E-state index in [4.69, 9.17) is 14.9 Å². The van der Waals surface area contributed by atoms with Gasteiger partial charge in [0.1, 0.15) is 12.4 Å². The zero-order valence-corrected chi connectivity index (χ0v) is 10.7. The number of hydrogen-bond donors (Lipinski definition) is 2. The fraction of sp³-hybridized carbons (Fsp3) is 0.385. The maximum absolute atomic E-state index is 10.6. The van der Waals surface area contributed by atoms with Crippen molar-refractivity contribution in [2.45, 2.75) is 6.92 Å². The predicted molar refractivity (Wildman–Crippen MR) is 68.4 cm³/mol. The largest absolute Gasteiger partial charge is 0.492 e. The van der Waals surface area contributed by atoms with Gasteiger partial charge in [-0.25, -0.2) is 0 Å². The van der Waals surface area contributed by atoms with Crippen molar-refractivity contribution in [2.75, 3.05) is 26.2 Å². The predicted octanol–water partition coefficient (Wildman–Crippen LogP) is 0.845. The number of carboxylic acids is 2. The second-order valence-corrected chi connectivity index (χ2v) is 4.11. The Hall–Kier alpha value is -2.08. The summed E-state index contributed by atoms with van der Waals surface area (Å²) < 4.78 is 5.50. The van der Waals surface area contributed by atoms with Gasteiger partial charge in [-0.3, -0.25) is 14.5 Å². The minimum absolute atomic E-state index is 0.241. The first-order valence-electron chi connectivity index (χ1n) is 5.83. The van der Waals surface area contributed by atoms with Gasteiger partial charge in [0.25, 0.3) is 0 Å². The first-order chi connectivity index (χ1) is 8.99. The molecule has 0 amide bonds. The van der Waals surface area contributed by atoms with Crippen molar-refractivity contribution in [3.05, 3.63) is 29.8 Å². The minimum atomic E-state index is -1.06. The number of para-hydroxylation sites is 1. The monoisotopic (exact) mass is 267 g/mol. The Morgan fingerprint density at radius 2 is 1.74 bits per heavy atom. The molecule has 0 bridgehead atoms. The molecule has 0 aromatic heterocycles. The van der Waals surface area contributed by atoms with Crippen LogP contribution in [0.3, 0.4) is 0 Å². The van der Waals surface area contributed by atoms with E-state index in [2.05, 4.69) is 0 Å². The molecular formula is C13H17NO5. The third-order valence-electron chi connectivity index (χ3n) is 2.48. The van der Waals surface area contributed by atoms with Crippen molar-refractivity contribution in [1.82, 2.24) is 4.90 Å². The Labute approximate surface area is 111 Å². The molecule has 0 fully saturated rings. The zero-order chi connectivity index (χ0) is 14.3. The SMILES string of the molecule is Cc1ccccc1OCCN(CC(=O)O)CC(=O)O. The van der Waals surface area contributed by atoms with Crippen LogP contribution in [0.15, 0.2) is 24.3 Å². The Balaban J connectivity index is 2.45. The van der Waals surface area contributed by atoms with Gasteiger partial charge in [0.2, 0.25) is 0 Å². The second-order valence-electron chi connectivity index (χ2n) is 4.11. The number of rotatable bonds is 8. The number of nitrogens with zero attached hydrogens (tertiary/aromatic N) is 1. The van der Waals surface area contributed by atoms with Crippen molar-refractivity contribution < 1.29 is 24.5 Å². The number of benzene rings is 1. The molecule has 0 aliphatic rings. The summed E-state index contributed by atoms with van der Waals surface area (Å²) in [6.07, 6.45) is 0. The molecule has 0 atom stereocenters. The van der Waals surface area contributed by atoms with Gasteiger partial charge in [0.15, 0.2) is 0 Å². The maximum Gasteiger partial charge on any atom is 0.317 e. The molecule has 6 nitrogen and oxygen atoms in total. The number of ether oxygens (including phenoxy) is 1. The highest BCUT2D eigenvalue weighted by Gasteiger charge is 2.13. The molecule has 104 valence electrons. The molecule has 1 rings (SSSR count). The molecule has 1 aromatic carbocycles. The van der Waals surface area contributed by atoms with E-state index in [1.165, 1.54) is 4.90 Å². The lowest BCUT2D eigenvalue weighted by Gasteiger charge is -2.18. The summed E-state index contributed by atoms with van der Waals surface area (Å²) in [5, 5.41) is 17.4. The fourth-order valence-electron chi connectivity index (χ4n) is 1.60. The molecule has 0 spiro atoms. The number of hydrogen-bond acceptors (Lipinski definition) is 4. The summed E-state index contributed by atoms with van der Waals surface area (Å²) >= 11 is 0. The van der Waals surface area contributed by atoms with Gasteiger partial charge < -0.3 is 14.9 Å². The van der Waals surface area contributed by atoms with Crippen molar-refractivity contribution in [3.63, 3.8) is 0 Å². The summed E-state index contributed by atoms with van der Waals surface area (Å²) in [5.74, 6) is -1.40. The molecule has 2 N–H and O–H groups in total. The third kappa shape index (κ3) is 5.87. The van der Waals surface area contributed by atoms with Crippen LogP contribution in [0, 0.1) is 6.92 Å². The highest BCUT2D eigenvalue weighted by Crippen LogP contribution is 2.15. The van der Waals surface area contributed by atoms with Crippen LogP contribution in [-0.2, 0) is 9.59 Å². The molecule has 6 heteroatoms. The molecule has 19 heavy (non-hydrogen) atoms. The van der Waals surface area contributed by atoms with E-state index in [9.17, 15) is 9.59 Å². The lowest BCUT2D eigenvalue weighted by atomic mass is 10.2. The fourth-order valence-corrected chi connectivity index (χ4v) is 1.60. The van der Waals surface area contributed by atoms with Crippen LogP contribution in [0.25, 0.3) is 0 Å². The van der Waals surface area contributed by atoms with E-state index < -0.39 is 11.9 Å². The smallest absolute Gasteiger partial charge is 0.317 e. The van der Waals surface area contributed by atoms with Crippen molar-refractivity contribution >= 4 is 11.9 Å². The van der Waals surface area contributed by atoms with E-state index >= 15 is 0 Å². The van der Waals surface area contributed by atoms with Crippen LogP contribution >= 0.6 is 0 Å². The summed E-state index contributed by atoms with van der Waals surface area (Å²) in [6.45, 7) is 1.76. The Morgan fingerprint density at radius 3 is 2.26 bits per heavy atom. The van der Waals surface area contributed by atoms with Gasteiger partial charge in [-0.05, 0) is 18.6 Å². The van der Waals surface area contributed by atoms with Crippen LogP contribution in [0.2, 0.25) is 0 Å². The molecule has 1 aromatic rings. The Kier molecular flexibility index (Phi) is 5.81. The van der Waals surface area contributed by atoms with Crippen molar-refractivity contribution in [1.29, 1.82) is 0 Å². The molecule has 0 saturated heterocycles. The number of carbonyl (C=O) groups is 2. The van der Waals surface area contributed by atoms with Gasteiger partial charge >= 0.3 is 11.9 Å². The van der Waals surface area contributed by atoms with E-state index in [-0.39, 0.29) is 26.2 Å². The van der Waals surface area contributed by atoms with Crippen molar-refractivity contribution in [3.8, 4) is 5.75 Å². The van der Waals surface area contributed by atoms with Crippen LogP contribution in [0.1, 0.15) is 5.56 Å². The van der Waals surface area contributed by atoms with Crippen LogP contribution in [0.5, 0.6) is 5.75 Å². The van der Waals surface area contributed by atoms with E-state index in [1.54, 1.807) is 0 Å². The van der Waals surface area contributed by atoms with Gasteiger partial charge in [-0.2, -0.15) is 0 Å². The van der Waals surface area contributed by atoms with E-state index in [1.807, 2.05) is 31.2 Å². The summed E-state index contributed by atoms with van der Waals surface area (Å²) in [6, 6.07) is 7.45. The Bertz CT molecular complexity index is 430. The van der Waals surface area contributed by atoms with E-state index in [0.717, 1.165) is 5.56 Å². The highest BCUT2D eigenvalue weighted by molar-refractivity contribution is 5.72. The summed E-state index contributed by atoms with van der Waals surface area (Å²) in [7, 11) is 0. The normalized spacial score (nSPS) is 10.4. The lowest BCUT2D eigenvalue weighted by molar-refractivity contribution is -0.141. The van der Waals surface area contributed by atoms with Crippen LogP contribution in [0.4, 0.5) is 0 Å². The highest BCUT2D eigenvalue weighted by atomic mass is 16.5. The average Bonchev–Trinajstić information content (AvgIpc) is 2.30. The van der Waals surface area contributed by atoms with Gasteiger partial charge in [0, 0.05) is 6.54 Å². The third-order valence-corrected chi connectivity index (χ3v) is 2.48. The van der Waals surface area contributed by atoms with Crippen LogP contribution in [-0.4, -0.2) is 53.3 Å². The van der Waals surface area contributed by atoms with Crippen molar-refractivity contribution in [2.24, 2.45) is 0 Å². The number of aliphatic carboxylic acids is 2. The quantitative estimate of drug-likeness (QED) is 0.726. The van der Waals surface area contributed by atoms with Gasteiger partial charge in [-0.1, -0.05) is 18.2 Å². The Morgan fingerprint density at radius 1 is 1.16 bits per heavy atom. The zero-order valence-electron chi connectivity index (χ0n) is 10.7. The lowest BCUT2D eigenvalue weighted by Crippen LogP contribution is -2.37. The summed E-state index contributed by atoms with van der Waals surface area (Å²) in [4.78, 5) is 22.5. The topological polar surface area (TPSA) is 87.1 Å².